The summed E-state index contributed by atoms with van der Waals surface area (Å²) in [5, 5.41) is 3.11. The maximum Gasteiger partial charge on any atom is 0.234 e. The van der Waals surface area contributed by atoms with Crippen LogP contribution in [0.5, 0.6) is 0 Å². The standard InChI is InChI=1S/C19H16BrF2N3OS/c1-11-3-4-12(2)16(7-11)25-6-5-23-19(25)27-10-17(26)24-18-14(20)8-13(21)9-15(18)22/h3-9H,10H2,1-2H3,(H,24,26). The average Bonchev–Trinajstić information content (AvgIpc) is 3.06. The first-order valence-electron chi connectivity index (χ1n) is 8.03. The lowest BCUT2D eigenvalue weighted by Gasteiger charge is -2.12. The molecule has 1 heterocycles. The van der Waals surface area contributed by atoms with Gasteiger partial charge in [-0.1, -0.05) is 23.9 Å². The molecular formula is C19H16BrF2N3OS. The van der Waals surface area contributed by atoms with Crippen molar-refractivity contribution in [3.8, 4) is 5.69 Å². The van der Waals surface area contributed by atoms with E-state index in [-0.39, 0.29) is 15.9 Å². The van der Waals surface area contributed by atoms with E-state index < -0.39 is 17.5 Å². The Balaban J connectivity index is 1.72. The summed E-state index contributed by atoms with van der Waals surface area (Å²) in [6.45, 7) is 4.01. The van der Waals surface area contributed by atoms with Gasteiger partial charge in [0.2, 0.25) is 5.91 Å². The Morgan fingerprint density at radius 2 is 2.04 bits per heavy atom. The van der Waals surface area contributed by atoms with E-state index in [1.807, 2.05) is 42.8 Å². The van der Waals surface area contributed by atoms with Gasteiger partial charge in [-0.25, -0.2) is 13.8 Å². The second-order valence-electron chi connectivity index (χ2n) is 5.95. The number of nitrogens with one attached hydrogen (secondary N) is 1. The molecule has 0 bridgehead atoms. The van der Waals surface area contributed by atoms with Gasteiger partial charge in [0, 0.05) is 22.9 Å². The van der Waals surface area contributed by atoms with Gasteiger partial charge in [-0.05, 0) is 53.0 Å². The molecule has 1 amide bonds. The number of thioether (sulfide) groups is 1. The van der Waals surface area contributed by atoms with Crippen LogP contribution in [0.3, 0.4) is 0 Å². The molecular weight excluding hydrogens is 436 g/mol. The Morgan fingerprint density at radius 3 is 2.78 bits per heavy atom. The number of carbonyl (C=O) groups is 1. The number of rotatable bonds is 5. The van der Waals surface area contributed by atoms with E-state index in [1.165, 1.54) is 11.8 Å². The Labute approximate surface area is 168 Å². The Hall–Kier alpha value is -2.19. The van der Waals surface area contributed by atoms with Crippen LogP contribution in [-0.4, -0.2) is 21.2 Å². The van der Waals surface area contributed by atoms with Crippen molar-refractivity contribution in [1.29, 1.82) is 0 Å². The van der Waals surface area contributed by atoms with Crippen molar-refractivity contribution in [3.05, 3.63) is 70.0 Å². The van der Waals surface area contributed by atoms with Crippen LogP contribution < -0.4 is 5.32 Å². The maximum atomic E-state index is 13.8. The van der Waals surface area contributed by atoms with Crippen LogP contribution in [0.1, 0.15) is 11.1 Å². The average molecular weight is 452 g/mol. The van der Waals surface area contributed by atoms with Gasteiger partial charge in [0.1, 0.15) is 5.82 Å². The zero-order valence-corrected chi connectivity index (χ0v) is 17.0. The van der Waals surface area contributed by atoms with Gasteiger partial charge in [0.15, 0.2) is 11.0 Å². The quantitative estimate of drug-likeness (QED) is 0.538. The molecule has 0 atom stereocenters. The van der Waals surface area contributed by atoms with E-state index in [1.54, 1.807) is 6.20 Å². The topological polar surface area (TPSA) is 46.9 Å². The largest absolute Gasteiger partial charge is 0.322 e. The minimum atomic E-state index is -0.836. The molecule has 8 heteroatoms. The summed E-state index contributed by atoms with van der Waals surface area (Å²) in [4.78, 5) is 16.5. The number of aryl methyl sites for hydroxylation is 2. The number of amides is 1. The monoisotopic (exact) mass is 451 g/mol. The third-order valence-corrected chi connectivity index (χ3v) is 5.43. The fourth-order valence-corrected chi connectivity index (χ4v) is 3.80. The van der Waals surface area contributed by atoms with Crippen LogP contribution in [0.25, 0.3) is 5.69 Å². The molecule has 0 aliphatic rings. The summed E-state index contributed by atoms with van der Waals surface area (Å²) >= 11 is 4.29. The zero-order valence-electron chi connectivity index (χ0n) is 14.6. The highest BCUT2D eigenvalue weighted by atomic mass is 79.9. The van der Waals surface area contributed by atoms with E-state index in [2.05, 4.69) is 26.2 Å². The van der Waals surface area contributed by atoms with Gasteiger partial charge >= 0.3 is 0 Å². The van der Waals surface area contributed by atoms with Gasteiger partial charge in [-0.3, -0.25) is 9.36 Å². The van der Waals surface area contributed by atoms with Crippen molar-refractivity contribution in [2.45, 2.75) is 19.0 Å². The van der Waals surface area contributed by atoms with E-state index in [4.69, 9.17) is 0 Å². The first kappa shape index (κ1) is 19.6. The van der Waals surface area contributed by atoms with Crippen molar-refractivity contribution >= 4 is 39.3 Å². The third-order valence-electron chi connectivity index (χ3n) is 3.83. The molecule has 0 radical (unpaired) electrons. The predicted octanol–water partition coefficient (Wildman–Crippen LogP) is 5.26. The Morgan fingerprint density at radius 1 is 1.26 bits per heavy atom. The van der Waals surface area contributed by atoms with Crippen LogP contribution in [0.4, 0.5) is 14.5 Å². The fourth-order valence-electron chi connectivity index (χ4n) is 2.53. The number of imidazole rings is 1. The second kappa shape index (κ2) is 8.22. The smallest absolute Gasteiger partial charge is 0.234 e. The summed E-state index contributed by atoms with van der Waals surface area (Å²) in [6, 6.07) is 7.93. The summed E-state index contributed by atoms with van der Waals surface area (Å²) < 4.78 is 29.1. The van der Waals surface area contributed by atoms with Crippen LogP contribution >= 0.6 is 27.7 Å². The lowest BCUT2D eigenvalue weighted by atomic mass is 10.1. The number of benzene rings is 2. The predicted molar refractivity (Wildman–Crippen MR) is 106 cm³/mol. The molecule has 0 spiro atoms. The molecule has 0 aliphatic heterocycles. The Bertz CT molecular complexity index is 983. The second-order valence-corrected chi connectivity index (χ2v) is 7.75. The molecule has 3 rings (SSSR count). The summed E-state index contributed by atoms with van der Waals surface area (Å²) in [6.07, 6.45) is 3.50. The molecule has 1 aromatic heterocycles. The fraction of sp³-hybridized carbons (Fsp3) is 0.158. The first-order valence-corrected chi connectivity index (χ1v) is 9.81. The lowest BCUT2D eigenvalue weighted by molar-refractivity contribution is -0.113. The SMILES string of the molecule is Cc1ccc(C)c(-n2ccnc2SCC(=O)Nc2c(F)cc(F)cc2Br)c1. The highest BCUT2D eigenvalue weighted by molar-refractivity contribution is 9.10. The summed E-state index contributed by atoms with van der Waals surface area (Å²) in [7, 11) is 0. The van der Waals surface area contributed by atoms with Crippen LogP contribution in [-0.2, 0) is 4.79 Å². The van der Waals surface area contributed by atoms with Gasteiger partial charge < -0.3 is 5.32 Å². The van der Waals surface area contributed by atoms with E-state index in [0.717, 1.165) is 28.9 Å². The number of nitrogens with zero attached hydrogens (tertiary/aromatic N) is 2. The molecule has 0 unspecified atom stereocenters. The molecule has 0 fully saturated rings. The van der Waals surface area contributed by atoms with Crippen LogP contribution in [0.15, 0.2) is 52.4 Å². The maximum absolute atomic E-state index is 13.8. The molecule has 4 nitrogen and oxygen atoms in total. The molecule has 27 heavy (non-hydrogen) atoms. The van der Waals surface area contributed by atoms with Crippen molar-refractivity contribution < 1.29 is 13.6 Å². The molecule has 1 N–H and O–H groups in total. The molecule has 0 saturated carbocycles. The number of halogens is 3. The number of hydrogen-bond donors (Lipinski definition) is 1. The van der Waals surface area contributed by atoms with Crippen LogP contribution in [0, 0.1) is 25.5 Å². The summed E-state index contributed by atoms with van der Waals surface area (Å²) in [5.74, 6) is -1.94. The van der Waals surface area contributed by atoms with Crippen molar-refractivity contribution in [2.75, 3.05) is 11.1 Å². The van der Waals surface area contributed by atoms with Crippen molar-refractivity contribution in [3.63, 3.8) is 0 Å². The van der Waals surface area contributed by atoms with Gasteiger partial charge in [-0.2, -0.15) is 0 Å². The minimum absolute atomic E-state index is 0.0329. The van der Waals surface area contributed by atoms with Gasteiger partial charge in [-0.15, -0.1) is 0 Å². The number of carbonyl (C=O) groups excluding carboxylic acids is 1. The Kier molecular flexibility index (Phi) is 5.96. The third kappa shape index (κ3) is 4.56. The normalized spacial score (nSPS) is 10.9. The molecule has 0 saturated heterocycles. The lowest BCUT2D eigenvalue weighted by Crippen LogP contribution is -2.16. The molecule has 140 valence electrons. The highest BCUT2D eigenvalue weighted by Gasteiger charge is 2.15. The van der Waals surface area contributed by atoms with Crippen molar-refractivity contribution in [1.82, 2.24) is 9.55 Å². The number of aromatic nitrogens is 2. The highest BCUT2D eigenvalue weighted by Crippen LogP contribution is 2.28. The van der Waals surface area contributed by atoms with E-state index in [9.17, 15) is 13.6 Å². The van der Waals surface area contributed by atoms with E-state index in [0.29, 0.717) is 5.16 Å². The van der Waals surface area contributed by atoms with Gasteiger partial charge in [0.05, 0.1) is 17.1 Å². The number of hydrogen-bond acceptors (Lipinski definition) is 3. The first-order chi connectivity index (χ1) is 12.8. The zero-order chi connectivity index (χ0) is 19.6. The minimum Gasteiger partial charge on any atom is -0.322 e. The van der Waals surface area contributed by atoms with Crippen molar-refractivity contribution in [2.24, 2.45) is 0 Å². The van der Waals surface area contributed by atoms with Gasteiger partial charge in [0.25, 0.3) is 0 Å². The molecule has 0 aliphatic carbocycles. The number of anilines is 1. The van der Waals surface area contributed by atoms with Crippen LogP contribution in [0.2, 0.25) is 0 Å². The molecule has 3 aromatic rings. The van der Waals surface area contributed by atoms with E-state index >= 15 is 0 Å². The molecule has 2 aromatic carbocycles. The summed E-state index contributed by atoms with van der Waals surface area (Å²) in [5.41, 5.74) is 3.11.